The number of methoxy groups -OCH3 is 1. The molecule has 0 unspecified atom stereocenters. The van der Waals surface area contributed by atoms with Crippen LogP contribution in [0.5, 0.6) is 0 Å². The maximum atomic E-state index is 13.0. The Kier molecular flexibility index (Phi) is 6.16. The van der Waals surface area contributed by atoms with E-state index in [9.17, 15) is 14.7 Å². The summed E-state index contributed by atoms with van der Waals surface area (Å²) >= 11 is 0. The second-order valence-corrected chi connectivity index (χ2v) is 9.06. The van der Waals surface area contributed by atoms with Gasteiger partial charge in [0.2, 0.25) is 11.8 Å². The van der Waals surface area contributed by atoms with Crippen molar-refractivity contribution >= 4 is 11.8 Å². The molecule has 1 aliphatic heterocycles. The zero-order valence-electron chi connectivity index (χ0n) is 17.0. The number of carbonyl (C=O) groups is 2. The molecule has 0 bridgehead atoms. The molecule has 3 rings (SSSR count). The first-order valence-electron chi connectivity index (χ1n) is 10.7. The molecular formula is C21H36N2O4. The van der Waals surface area contributed by atoms with Gasteiger partial charge in [0.05, 0.1) is 11.0 Å². The van der Waals surface area contributed by atoms with E-state index in [1.54, 1.807) is 7.11 Å². The summed E-state index contributed by atoms with van der Waals surface area (Å²) in [5, 5.41) is 13.9. The summed E-state index contributed by atoms with van der Waals surface area (Å²) in [4.78, 5) is 27.5. The van der Waals surface area contributed by atoms with Crippen molar-refractivity contribution in [2.75, 3.05) is 33.4 Å². The van der Waals surface area contributed by atoms with Gasteiger partial charge in [-0.05, 0) is 51.4 Å². The Bertz CT molecular complexity index is 544. The third-order valence-electron chi connectivity index (χ3n) is 7.37. The van der Waals surface area contributed by atoms with Gasteiger partial charge in [0.25, 0.3) is 0 Å². The monoisotopic (exact) mass is 380 g/mol. The summed E-state index contributed by atoms with van der Waals surface area (Å²) in [5.41, 5.74) is -1.35. The fourth-order valence-corrected chi connectivity index (χ4v) is 4.88. The van der Waals surface area contributed by atoms with Gasteiger partial charge in [-0.25, -0.2) is 0 Å². The van der Waals surface area contributed by atoms with Crippen LogP contribution in [-0.4, -0.2) is 60.8 Å². The van der Waals surface area contributed by atoms with Gasteiger partial charge in [0, 0.05) is 38.8 Å². The number of likely N-dealkylation sites (tertiary alicyclic amines) is 1. The molecule has 1 saturated heterocycles. The molecule has 3 fully saturated rings. The molecule has 0 radical (unpaired) electrons. The van der Waals surface area contributed by atoms with Crippen LogP contribution in [0.3, 0.4) is 0 Å². The molecule has 2 saturated carbocycles. The lowest BCUT2D eigenvalue weighted by atomic mass is 9.80. The number of piperidine rings is 1. The van der Waals surface area contributed by atoms with E-state index in [0.717, 1.165) is 51.4 Å². The highest BCUT2D eigenvalue weighted by Gasteiger charge is 2.50. The first-order chi connectivity index (χ1) is 12.9. The average molecular weight is 381 g/mol. The van der Waals surface area contributed by atoms with Crippen LogP contribution in [0.1, 0.15) is 71.1 Å². The van der Waals surface area contributed by atoms with Gasteiger partial charge in [-0.2, -0.15) is 0 Å². The standard InChI is InChI=1S/C21H36N2O4/c1-3-19(6-4-5-7-19)18(25)23-13-10-21(26,11-14-23)16-22-17(24)20(8-9-20)12-15-27-2/h26H,3-16H2,1-2H3,(H,22,24). The van der Waals surface area contributed by atoms with Gasteiger partial charge in [-0.15, -0.1) is 0 Å². The van der Waals surface area contributed by atoms with Crippen molar-refractivity contribution < 1.29 is 19.4 Å². The molecule has 6 heteroatoms. The van der Waals surface area contributed by atoms with E-state index < -0.39 is 5.60 Å². The molecule has 0 aromatic carbocycles. The molecule has 0 spiro atoms. The Balaban J connectivity index is 1.48. The number of hydrogen-bond donors (Lipinski definition) is 2. The van der Waals surface area contributed by atoms with E-state index in [2.05, 4.69) is 12.2 Å². The predicted molar refractivity (Wildman–Crippen MR) is 103 cm³/mol. The number of nitrogens with one attached hydrogen (secondary N) is 1. The molecule has 154 valence electrons. The molecule has 3 aliphatic rings. The van der Waals surface area contributed by atoms with Crippen LogP contribution in [0.15, 0.2) is 0 Å². The lowest BCUT2D eigenvalue weighted by Gasteiger charge is -2.42. The molecule has 6 nitrogen and oxygen atoms in total. The number of rotatable bonds is 8. The molecule has 2 N–H and O–H groups in total. The Morgan fingerprint density at radius 1 is 1.04 bits per heavy atom. The first kappa shape index (κ1) is 20.6. The van der Waals surface area contributed by atoms with Crippen LogP contribution in [-0.2, 0) is 14.3 Å². The van der Waals surface area contributed by atoms with E-state index in [4.69, 9.17) is 4.74 Å². The second-order valence-electron chi connectivity index (χ2n) is 9.06. The quantitative estimate of drug-likeness (QED) is 0.677. The maximum absolute atomic E-state index is 13.0. The van der Waals surface area contributed by atoms with Crippen molar-refractivity contribution in [3.05, 3.63) is 0 Å². The van der Waals surface area contributed by atoms with Crippen LogP contribution in [0.2, 0.25) is 0 Å². The van der Waals surface area contributed by atoms with Crippen molar-refractivity contribution in [3.63, 3.8) is 0 Å². The molecule has 2 amide bonds. The summed E-state index contributed by atoms with van der Waals surface area (Å²) in [6.07, 6.45) is 8.83. The number of ether oxygens (including phenoxy) is 1. The van der Waals surface area contributed by atoms with Crippen molar-refractivity contribution in [3.8, 4) is 0 Å². The molecular weight excluding hydrogens is 344 g/mol. The van der Waals surface area contributed by atoms with E-state index in [0.29, 0.717) is 32.5 Å². The molecule has 0 aromatic heterocycles. The highest BCUT2D eigenvalue weighted by Crippen LogP contribution is 2.49. The fourth-order valence-electron chi connectivity index (χ4n) is 4.88. The molecule has 2 aliphatic carbocycles. The van der Waals surface area contributed by atoms with Crippen LogP contribution in [0.25, 0.3) is 0 Å². The smallest absolute Gasteiger partial charge is 0.228 e. The minimum Gasteiger partial charge on any atom is -0.388 e. The third kappa shape index (κ3) is 4.32. The van der Waals surface area contributed by atoms with Crippen molar-refractivity contribution in [2.24, 2.45) is 10.8 Å². The number of hydrogen-bond acceptors (Lipinski definition) is 4. The second kappa shape index (κ2) is 8.08. The van der Waals surface area contributed by atoms with Crippen molar-refractivity contribution in [1.29, 1.82) is 0 Å². The maximum Gasteiger partial charge on any atom is 0.228 e. The lowest BCUT2D eigenvalue weighted by Crippen LogP contribution is -2.55. The third-order valence-corrected chi connectivity index (χ3v) is 7.37. The van der Waals surface area contributed by atoms with Crippen LogP contribution in [0, 0.1) is 10.8 Å². The number of amides is 2. The molecule has 1 heterocycles. The Morgan fingerprint density at radius 2 is 1.67 bits per heavy atom. The van der Waals surface area contributed by atoms with E-state index in [1.807, 2.05) is 4.90 Å². The topological polar surface area (TPSA) is 78.9 Å². The van der Waals surface area contributed by atoms with Gasteiger partial charge in [-0.1, -0.05) is 19.8 Å². The summed E-state index contributed by atoms with van der Waals surface area (Å²) in [5.74, 6) is 0.326. The Morgan fingerprint density at radius 3 is 2.19 bits per heavy atom. The summed E-state index contributed by atoms with van der Waals surface area (Å²) in [6.45, 7) is 4.16. The minimum atomic E-state index is -0.904. The van der Waals surface area contributed by atoms with Crippen molar-refractivity contribution in [2.45, 2.75) is 76.7 Å². The van der Waals surface area contributed by atoms with Gasteiger partial charge < -0.3 is 20.1 Å². The SMILES string of the molecule is CCC1(C(=O)N2CCC(O)(CNC(=O)C3(CCOC)CC3)CC2)CCCC1. The zero-order valence-corrected chi connectivity index (χ0v) is 17.0. The van der Waals surface area contributed by atoms with E-state index >= 15 is 0 Å². The number of carbonyl (C=O) groups excluding carboxylic acids is 2. The minimum absolute atomic E-state index is 0.0439. The lowest BCUT2D eigenvalue weighted by molar-refractivity contribution is -0.147. The number of nitrogens with zero attached hydrogens (tertiary/aromatic N) is 1. The van der Waals surface area contributed by atoms with Gasteiger partial charge >= 0.3 is 0 Å². The number of aliphatic hydroxyl groups is 1. The summed E-state index contributed by atoms with van der Waals surface area (Å²) < 4.78 is 5.11. The largest absolute Gasteiger partial charge is 0.388 e. The zero-order chi connectivity index (χ0) is 19.5. The molecule has 0 aromatic rings. The van der Waals surface area contributed by atoms with Crippen LogP contribution >= 0.6 is 0 Å². The molecule has 27 heavy (non-hydrogen) atoms. The summed E-state index contributed by atoms with van der Waals surface area (Å²) in [7, 11) is 1.65. The van der Waals surface area contributed by atoms with Gasteiger partial charge in [0.1, 0.15) is 0 Å². The Hall–Kier alpha value is -1.14. The Labute approximate surface area is 163 Å². The van der Waals surface area contributed by atoms with Crippen LogP contribution < -0.4 is 5.32 Å². The summed E-state index contributed by atoms with van der Waals surface area (Å²) in [6, 6.07) is 0. The predicted octanol–water partition coefficient (Wildman–Crippen LogP) is 2.24. The molecule has 0 atom stereocenters. The van der Waals surface area contributed by atoms with Crippen molar-refractivity contribution in [1.82, 2.24) is 10.2 Å². The average Bonchev–Trinajstić information content (AvgIpc) is 3.32. The van der Waals surface area contributed by atoms with Gasteiger partial charge in [-0.3, -0.25) is 9.59 Å². The van der Waals surface area contributed by atoms with E-state index in [-0.39, 0.29) is 29.2 Å². The first-order valence-corrected chi connectivity index (χ1v) is 10.7. The van der Waals surface area contributed by atoms with Gasteiger partial charge in [0.15, 0.2) is 0 Å². The van der Waals surface area contributed by atoms with Crippen LogP contribution in [0.4, 0.5) is 0 Å². The normalized spacial score (nSPS) is 25.2. The highest BCUT2D eigenvalue weighted by atomic mass is 16.5. The highest BCUT2D eigenvalue weighted by molar-refractivity contribution is 5.85. The fraction of sp³-hybridized carbons (Fsp3) is 0.905. The van der Waals surface area contributed by atoms with E-state index in [1.165, 1.54) is 0 Å².